The second-order valence-corrected chi connectivity index (χ2v) is 7.52. The molecule has 158 valence electrons. The number of nitrogens with zero attached hydrogens (tertiary/aromatic N) is 2. The van der Waals surface area contributed by atoms with Gasteiger partial charge in [0.25, 0.3) is 11.8 Å². The molecule has 2 aromatic carbocycles. The van der Waals surface area contributed by atoms with Crippen LogP contribution in [0.4, 0.5) is 5.69 Å². The molecule has 0 radical (unpaired) electrons. The number of amides is 2. The molecule has 4 aromatic rings. The number of benzene rings is 2. The first-order valence-corrected chi connectivity index (χ1v) is 10.1. The van der Waals surface area contributed by atoms with Gasteiger partial charge in [0.2, 0.25) is 0 Å². The predicted molar refractivity (Wildman–Crippen MR) is 121 cm³/mol. The van der Waals surface area contributed by atoms with Crippen LogP contribution in [0.15, 0.2) is 77.6 Å². The Morgan fingerprint density at radius 2 is 1.94 bits per heavy atom. The molecule has 0 bridgehead atoms. The number of rotatable bonds is 5. The van der Waals surface area contributed by atoms with Gasteiger partial charge in [-0.25, -0.2) is 4.98 Å². The van der Waals surface area contributed by atoms with Gasteiger partial charge in [0.15, 0.2) is 0 Å². The number of anilines is 1. The van der Waals surface area contributed by atoms with Gasteiger partial charge < -0.3 is 19.6 Å². The highest BCUT2D eigenvalue weighted by Crippen LogP contribution is 2.33. The number of imidazole rings is 1. The maximum absolute atomic E-state index is 12.4. The maximum Gasteiger partial charge on any atom is 0.256 e. The van der Waals surface area contributed by atoms with E-state index in [2.05, 4.69) is 15.6 Å². The fourth-order valence-electron chi connectivity index (χ4n) is 3.62. The van der Waals surface area contributed by atoms with Gasteiger partial charge in [0, 0.05) is 35.6 Å². The molecular formula is C25H20N4O3. The van der Waals surface area contributed by atoms with Gasteiger partial charge in [0.05, 0.1) is 24.1 Å². The fourth-order valence-corrected chi connectivity index (χ4v) is 3.62. The van der Waals surface area contributed by atoms with Crippen molar-refractivity contribution in [2.75, 3.05) is 5.32 Å². The van der Waals surface area contributed by atoms with E-state index in [4.69, 9.17) is 4.42 Å². The van der Waals surface area contributed by atoms with Crippen LogP contribution in [0, 0.1) is 0 Å². The summed E-state index contributed by atoms with van der Waals surface area (Å²) in [6.07, 6.45) is 5.16. The van der Waals surface area contributed by atoms with Crippen molar-refractivity contribution in [3.63, 3.8) is 0 Å². The van der Waals surface area contributed by atoms with Crippen LogP contribution in [-0.4, -0.2) is 21.4 Å². The lowest BCUT2D eigenvalue weighted by atomic mass is 10.1. The highest BCUT2D eigenvalue weighted by atomic mass is 16.3. The summed E-state index contributed by atoms with van der Waals surface area (Å²) in [7, 11) is 1.88. The van der Waals surface area contributed by atoms with Gasteiger partial charge >= 0.3 is 0 Å². The average molecular weight is 424 g/mol. The van der Waals surface area contributed by atoms with E-state index >= 15 is 0 Å². The number of carbonyl (C=O) groups excluding carboxylic acids is 2. The summed E-state index contributed by atoms with van der Waals surface area (Å²) < 4.78 is 7.80. The largest absolute Gasteiger partial charge is 0.457 e. The number of hydrogen-bond donors (Lipinski definition) is 2. The molecule has 1 aliphatic heterocycles. The van der Waals surface area contributed by atoms with Gasteiger partial charge in [-0.2, -0.15) is 0 Å². The van der Waals surface area contributed by atoms with Crippen molar-refractivity contribution >= 4 is 29.2 Å². The van der Waals surface area contributed by atoms with Gasteiger partial charge in [0.1, 0.15) is 11.5 Å². The minimum atomic E-state index is -0.159. The van der Waals surface area contributed by atoms with Crippen molar-refractivity contribution in [3.05, 3.63) is 95.8 Å². The average Bonchev–Trinajstić information content (AvgIpc) is 3.52. The molecule has 1 aliphatic rings. The topological polar surface area (TPSA) is 89.2 Å². The van der Waals surface area contributed by atoms with Crippen molar-refractivity contribution in [2.45, 2.75) is 6.54 Å². The Hall–Kier alpha value is -4.39. The third-order valence-electron chi connectivity index (χ3n) is 5.40. The molecule has 0 spiro atoms. The highest BCUT2D eigenvalue weighted by Gasteiger charge is 2.23. The van der Waals surface area contributed by atoms with E-state index in [9.17, 15) is 9.59 Å². The summed E-state index contributed by atoms with van der Waals surface area (Å²) in [5.41, 5.74) is 4.55. The van der Waals surface area contributed by atoms with Crippen molar-refractivity contribution in [3.8, 4) is 11.3 Å². The Morgan fingerprint density at radius 1 is 1.12 bits per heavy atom. The lowest BCUT2D eigenvalue weighted by molar-refractivity contribution is -0.110. The summed E-state index contributed by atoms with van der Waals surface area (Å²) >= 11 is 0. The first kappa shape index (κ1) is 19.6. The molecule has 7 nitrogen and oxygen atoms in total. The minimum Gasteiger partial charge on any atom is -0.457 e. The lowest BCUT2D eigenvalue weighted by Gasteiger charge is -2.06. The molecule has 0 fully saturated rings. The third kappa shape index (κ3) is 3.72. The Morgan fingerprint density at radius 3 is 2.72 bits per heavy atom. The SMILES string of the molecule is Cn1cncc1CNC(=O)c1ccc(-c2ccc(/C=C3/C(=O)Nc4ccccc43)o2)cc1. The van der Waals surface area contributed by atoms with Crippen molar-refractivity contribution in [2.24, 2.45) is 7.05 Å². The number of fused-ring (bicyclic) bond motifs is 1. The standard InChI is InChI=1S/C25H20N4O3/c1-29-15-26-13-18(29)14-27-24(30)17-8-6-16(7-9-17)23-11-10-19(32-23)12-21-20-4-2-3-5-22(20)28-25(21)31/h2-13,15H,14H2,1H3,(H,27,30)(H,28,31)/b21-12+. The normalized spacial score (nSPS) is 13.8. The Labute approximate surface area is 184 Å². The molecule has 0 atom stereocenters. The molecule has 0 saturated carbocycles. The number of nitrogens with one attached hydrogen (secondary N) is 2. The Balaban J connectivity index is 1.30. The van der Waals surface area contributed by atoms with Crippen LogP contribution in [0.5, 0.6) is 0 Å². The number of aryl methyl sites for hydroxylation is 1. The summed E-state index contributed by atoms with van der Waals surface area (Å²) in [4.78, 5) is 28.8. The van der Waals surface area contributed by atoms with Crippen LogP contribution in [0.2, 0.25) is 0 Å². The Bertz CT molecular complexity index is 1350. The smallest absolute Gasteiger partial charge is 0.256 e. The number of para-hydroxylation sites is 1. The van der Waals surface area contributed by atoms with E-state index in [-0.39, 0.29) is 11.8 Å². The van der Waals surface area contributed by atoms with E-state index in [1.807, 2.05) is 60.1 Å². The number of carbonyl (C=O) groups is 2. The third-order valence-corrected chi connectivity index (χ3v) is 5.40. The quantitative estimate of drug-likeness (QED) is 0.472. The van der Waals surface area contributed by atoms with Crippen LogP contribution in [0.1, 0.15) is 27.4 Å². The van der Waals surface area contributed by atoms with E-state index in [1.54, 1.807) is 30.7 Å². The first-order chi connectivity index (χ1) is 15.6. The molecule has 2 amide bonds. The molecule has 5 rings (SSSR count). The number of aromatic nitrogens is 2. The molecule has 0 saturated heterocycles. The fraction of sp³-hybridized carbons (Fsp3) is 0.0800. The van der Waals surface area contributed by atoms with E-state index in [0.29, 0.717) is 29.2 Å². The summed E-state index contributed by atoms with van der Waals surface area (Å²) in [6, 6.07) is 18.4. The van der Waals surface area contributed by atoms with Crippen molar-refractivity contribution < 1.29 is 14.0 Å². The Kier molecular flexibility index (Phi) is 4.91. The van der Waals surface area contributed by atoms with Gasteiger partial charge in [-0.1, -0.05) is 30.3 Å². The number of furan rings is 1. The van der Waals surface area contributed by atoms with Crippen molar-refractivity contribution in [1.82, 2.24) is 14.9 Å². The second kappa shape index (κ2) is 8.03. The first-order valence-electron chi connectivity index (χ1n) is 10.1. The van der Waals surface area contributed by atoms with E-state index < -0.39 is 0 Å². The maximum atomic E-state index is 12.4. The molecule has 32 heavy (non-hydrogen) atoms. The van der Waals surface area contributed by atoms with Gasteiger partial charge in [-0.15, -0.1) is 0 Å². The van der Waals surface area contributed by atoms with E-state index in [0.717, 1.165) is 22.5 Å². The monoisotopic (exact) mass is 424 g/mol. The van der Waals surface area contributed by atoms with Gasteiger partial charge in [-0.3, -0.25) is 9.59 Å². The molecule has 2 aromatic heterocycles. The molecular weight excluding hydrogens is 404 g/mol. The van der Waals surface area contributed by atoms with Crippen LogP contribution in [-0.2, 0) is 18.4 Å². The lowest BCUT2D eigenvalue weighted by Crippen LogP contribution is -2.23. The van der Waals surface area contributed by atoms with Crippen LogP contribution in [0.3, 0.4) is 0 Å². The molecule has 7 heteroatoms. The predicted octanol–water partition coefficient (Wildman–Crippen LogP) is 4.10. The van der Waals surface area contributed by atoms with E-state index in [1.165, 1.54) is 0 Å². The zero-order valence-corrected chi connectivity index (χ0v) is 17.3. The minimum absolute atomic E-state index is 0.148. The van der Waals surface area contributed by atoms with Crippen molar-refractivity contribution in [1.29, 1.82) is 0 Å². The summed E-state index contributed by atoms with van der Waals surface area (Å²) in [5, 5.41) is 5.74. The molecule has 3 heterocycles. The van der Waals surface area contributed by atoms with Crippen LogP contribution >= 0.6 is 0 Å². The molecule has 0 unspecified atom stereocenters. The molecule has 0 aliphatic carbocycles. The summed E-state index contributed by atoms with van der Waals surface area (Å²) in [5.74, 6) is 0.935. The second-order valence-electron chi connectivity index (χ2n) is 7.52. The molecule has 2 N–H and O–H groups in total. The van der Waals surface area contributed by atoms with Crippen LogP contribution in [0.25, 0.3) is 23.0 Å². The number of hydrogen-bond acceptors (Lipinski definition) is 4. The zero-order chi connectivity index (χ0) is 22.1. The summed E-state index contributed by atoms with van der Waals surface area (Å²) in [6.45, 7) is 0.407. The van der Waals surface area contributed by atoms with Gasteiger partial charge in [-0.05, 0) is 36.4 Å². The zero-order valence-electron chi connectivity index (χ0n) is 17.3. The highest BCUT2D eigenvalue weighted by molar-refractivity contribution is 6.34. The van der Waals surface area contributed by atoms with Crippen LogP contribution < -0.4 is 10.6 Å².